The molecule has 8 heteroatoms. The number of aliphatic hydroxyl groups is 1. The van der Waals surface area contributed by atoms with Crippen LogP contribution in [0.3, 0.4) is 0 Å². The van der Waals surface area contributed by atoms with E-state index in [1.165, 1.54) is 5.56 Å². The highest BCUT2D eigenvalue weighted by Gasteiger charge is 2.29. The lowest BCUT2D eigenvalue weighted by Crippen LogP contribution is -2.33. The first-order valence-electron chi connectivity index (χ1n) is 11.4. The van der Waals surface area contributed by atoms with E-state index in [4.69, 9.17) is 14.2 Å². The highest BCUT2D eigenvalue weighted by molar-refractivity contribution is 5.84. The minimum atomic E-state index is -0.232. The highest BCUT2D eigenvalue weighted by Crippen LogP contribution is 2.31. The number of hydrogen-bond donors (Lipinski definition) is 1. The summed E-state index contributed by atoms with van der Waals surface area (Å²) in [6.07, 6.45) is 6.31. The second-order valence-electron chi connectivity index (χ2n) is 8.87. The molecule has 1 aromatic carbocycles. The second kappa shape index (κ2) is 9.13. The predicted molar refractivity (Wildman–Crippen MR) is 118 cm³/mol. The van der Waals surface area contributed by atoms with Crippen molar-refractivity contribution in [2.75, 3.05) is 19.8 Å². The maximum atomic E-state index is 9.45. The van der Waals surface area contributed by atoms with E-state index in [1.54, 1.807) is 0 Å². The van der Waals surface area contributed by atoms with E-state index >= 15 is 0 Å². The Morgan fingerprint density at radius 3 is 3.06 bits per heavy atom. The largest absolute Gasteiger partial charge is 0.484 e. The van der Waals surface area contributed by atoms with E-state index < -0.39 is 0 Å². The standard InChI is InChI=1S/C24H30N4O4/c1-15(13-29)24-9-18(5-8-31-24)28-12-23(26-27-28)16(2)32-19-3-4-22-21(10-19)20-6-7-30-14-17(20)11-25-22/h3-4,10-12,15-16,18,24,29H,5-9,13-14H2,1-2H3/t15?,16-,18+,24-/m1/s1. The molecule has 2 aromatic heterocycles. The lowest BCUT2D eigenvalue weighted by atomic mass is 9.95. The van der Waals surface area contributed by atoms with Gasteiger partial charge < -0.3 is 19.3 Å². The van der Waals surface area contributed by atoms with Crippen LogP contribution in [0.2, 0.25) is 0 Å². The molecule has 1 saturated heterocycles. The van der Waals surface area contributed by atoms with Gasteiger partial charge >= 0.3 is 0 Å². The SMILES string of the molecule is CC(CO)[C@H]1C[C@@H](n2cc([C@@H](C)Oc3ccc4ncc5c(c4c3)CCOC5)nn2)CCO1. The maximum Gasteiger partial charge on any atom is 0.141 e. The Hall–Kier alpha value is -2.55. The number of pyridine rings is 1. The predicted octanol–water partition coefficient (Wildman–Crippen LogP) is 3.39. The van der Waals surface area contributed by atoms with E-state index in [0.717, 1.165) is 53.8 Å². The molecule has 2 aliphatic heterocycles. The molecule has 1 N–H and O–H groups in total. The van der Waals surface area contributed by atoms with Gasteiger partial charge in [0.25, 0.3) is 0 Å². The molecule has 0 spiro atoms. The summed E-state index contributed by atoms with van der Waals surface area (Å²) in [4.78, 5) is 4.57. The number of ether oxygens (including phenoxy) is 3. The fourth-order valence-corrected chi connectivity index (χ4v) is 4.60. The summed E-state index contributed by atoms with van der Waals surface area (Å²) in [5.74, 6) is 0.909. The van der Waals surface area contributed by atoms with Gasteiger partial charge in [-0.05, 0) is 55.5 Å². The molecule has 0 aliphatic carbocycles. The normalized spacial score (nSPS) is 23.0. The monoisotopic (exact) mass is 438 g/mol. The molecule has 0 bridgehead atoms. The molecule has 2 aliphatic rings. The third-order valence-corrected chi connectivity index (χ3v) is 6.64. The summed E-state index contributed by atoms with van der Waals surface area (Å²) in [7, 11) is 0. The van der Waals surface area contributed by atoms with E-state index in [9.17, 15) is 5.11 Å². The van der Waals surface area contributed by atoms with E-state index in [2.05, 4.69) is 21.4 Å². The Bertz CT molecular complexity index is 1090. The van der Waals surface area contributed by atoms with Crippen molar-refractivity contribution in [3.63, 3.8) is 0 Å². The Morgan fingerprint density at radius 2 is 2.19 bits per heavy atom. The Kier molecular flexibility index (Phi) is 6.08. The van der Waals surface area contributed by atoms with Crippen LogP contribution < -0.4 is 4.74 Å². The molecule has 4 heterocycles. The summed E-state index contributed by atoms with van der Waals surface area (Å²) in [5.41, 5.74) is 4.23. The van der Waals surface area contributed by atoms with E-state index in [-0.39, 0.29) is 30.8 Å². The van der Waals surface area contributed by atoms with Gasteiger partial charge in [0.15, 0.2) is 0 Å². The fourth-order valence-electron chi connectivity index (χ4n) is 4.60. The van der Waals surface area contributed by atoms with Crippen molar-refractivity contribution in [3.05, 3.63) is 47.4 Å². The molecular formula is C24H30N4O4. The summed E-state index contributed by atoms with van der Waals surface area (Å²) < 4.78 is 19.6. The third kappa shape index (κ3) is 4.22. The van der Waals surface area contributed by atoms with Gasteiger partial charge in [0.1, 0.15) is 17.5 Å². The van der Waals surface area contributed by atoms with E-state index in [0.29, 0.717) is 13.2 Å². The van der Waals surface area contributed by atoms with E-state index in [1.807, 2.05) is 43.1 Å². The molecule has 8 nitrogen and oxygen atoms in total. The molecule has 1 unspecified atom stereocenters. The van der Waals surface area contributed by atoms with Crippen LogP contribution in [0.1, 0.15) is 55.7 Å². The maximum absolute atomic E-state index is 9.45. The van der Waals surface area contributed by atoms with Crippen LogP contribution in [-0.4, -0.2) is 51.0 Å². The zero-order valence-electron chi connectivity index (χ0n) is 18.6. The molecule has 0 radical (unpaired) electrons. The highest BCUT2D eigenvalue weighted by atomic mass is 16.5. The number of benzene rings is 1. The number of nitrogens with zero attached hydrogens (tertiary/aromatic N) is 4. The van der Waals surface area contributed by atoms with Gasteiger partial charge in [-0.1, -0.05) is 12.1 Å². The summed E-state index contributed by atoms with van der Waals surface area (Å²) in [6, 6.07) is 6.26. The molecule has 0 saturated carbocycles. The van der Waals surface area contributed by atoms with Crippen molar-refractivity contribution < 1.29 is 19.3 Å². The lowest BCUT2D eigenvalue weighted by Gasteiger charge is -2.32. The van der Waals surface area contributed by atoms with Crippen molar-refractivity contribution in [3.8, 4) is 5.75 Å². The van der Waals surface area contributed by atoms with Gasteiger partial charge in [-0.3, -0.25) is 4.98 Å². The average molecular weight is 439 g/mol. The lowest BCUT2D eigenvalue weighted by molar-refractivity contribution is -0.0485. The smallest absolute Gasteiger partial charge is 0.141 e. The Labute approximate surface area is 187 Å². The average Bonchev–Trinajstić information content (AvgIpc) is 3.34. The first kappa shape index (κ1) is 21.3. The van der Waals surface area contributed by atoms with Crippen LogP contribution in [0.4, 0.5) is 0 Å². The Balaban J connectivity index is 1.31. The first-order chi connectivity index (χ1) is 15.6. The number of rotatable bonds is 6. The number of aromatic nitrogens is 4. The van der Waals surface area contributed by atoms with Gasteiger partial charge in [0.05, 0.1) is 37.1 Å². The molecule has 1 fully saturated rings. The molecule has 32 heavy (non-hydrogen) atoms. The van der Waals surface area contributed by atoms with Crippen LogP contribution in [-0.2, 0) is 22.5 Å². The van der Waals surface area contributed by atoms with Crippen LogP contribution in [0.5, 0.6) is 5.75 Å². The Morgan fingerprint density at radius 1 is 1.28 bits per heavy atom. The minimum absolute atomic E-state index is 0.0441. The van der Waals surface area contributed by atoms with Crippen molar-refractivity contribution >= 4 is 10.9 Å². The van der Waals surface area contributed by atoms with Crippen molar-refractivity contribution in [1.29, 1.82) is 0 Å². The van der Waals surface area contributed by atoms with Gasteiger partial charge in [-0.25, -0.2) is 4.68 Å². The second-order valence-corrected chi connectivity index (χ2v) is 8.87. The van der Waals surface area contributed by atoms with Gasteiger partial charge in [-0.15, -0.1) is 5.10 Å². The summed E-state index contributed by atoms with van der Waals surface area (Å²) >= 11 is 0. The van der Waals surface area contributed by atoms with Gasteiger partial charge in [0.2, 0.25) is 0 Å². The fraction of sp³-hybridized carbons (Fsp3) is 0.542. The van der Waals surface area contributed by atoms with Crippen molar-refractivity contribution in [2.45, 2.75) is 58.0 Å². The first-order valence-corrected chi connectivity index (χ1v) is 11.4. The van der Waals surface area contributed by atoms with Crippen LogP contribution in [0.25, 0.3) is 10.9 Å². The quantitative estimate of drug-likeness (QED) is 0.631. The van der Waals surface area contributed by atoms with Gasteiger partial charge in [0, 0.05) is 30.7 Å². The molecule has 5 rings (SSSR count). The van der Waals surface area contributed by atoms with Crippen molar-refractivity contribution in [2.24, 2.45) is 5.92 Å². The summed E-state index contributed by atoms with van der Waals surface area (Å²) in [5, 5.41) is 19.3. The van der Waals surface area contributed by atoms with Crippen LogP contribution >= 0.6 is 0 Å². The van der Waals surface area contributed by atoms with Gasteiger partial charge in [-0.2, -0.15) is 0 Å². The number of fused-ring (bicyclic) bond motifs is 3. The van der Waals surface area contributed by atoms with Crippen molar-refractivity contribution in [1.82, 2.24) is 20.0 Å². The number of hydrogen-bond acceptors (Lipinski definition) is 7. The topological polar surface area (TPSA) is 91.5 Å². The molecular weight excluding hydrogens is 408 g/mol. The number of aliphatic hydroxyl groups excluding tert-OH is 1. The molecule has 4 atom stereocenters. The minimum Gasteiger partial charge on any atom is -0.484 e. The third-order valence-electron chi connectivity index (χ3n) is 6.64. The molecule has 3 aromatic rings. The van der Waals surface area contributed by atoms with Crippen LogP contribution in [0, 0.1) is 5.92 Å². The molecule has 0 amide bonds. The van der Waals surface area contributed by atoms with Crippen LogP contribution in [0.15, 0.2) is 30.6 Å². The summed E-state index contributed by atoms with van der Waals surface area (Å²) in [6.45, 7) is 6.16. The zero-order chi connectivity index (χ0) is 22.1. The molecule has 170 valence electrons. The zero-order valence-corrected chi connectivity index (χ0v) is 18.6.